The first kappa shape index (κ1) is 22.6. The summed E-state index contributed by atoms with van der Waals surface area (Å²) in [5.41, 5.74) is 0. The summed E-state index contributed by atoms with van der Waals surface area (Å²) in [6.07, 6.45) is -0.115. The lowest BCUT2D eigenvalue weighted by Crippen LogP contribution is -2.37. The quantitative estimate of drug-likeness (QED) is 0.275. The van der Waals surface area contributed by atoms with Crippen molar-refractivity contribution in [2.45, 2.75) is 13.3 Å². The average molecular weight is 200 g/mol. The SMILES string of the molecule is CC(=O)N(N)CCC(=O)O.O.O.O. The molecule has 0 atom stereocenters. The van der Waals surface area contributed by atoms with E-state index < -0.39 is 5.97 Å². The summed E-state index contributed by atoms with van der Waals surface area (Å²) in [6, 6.07) is 0. The number of nitrogens with two attached hydrogens (primary N) is 1. The summed E-state index contributed by atoms with van der Waals surface area (Å²) in [4.78, 5) is 20.3. The fraction of sp³-hybridized carbons (Fsp3) is 0.600. The summed E-state index contributed by atoms with van der Waals surface area (Å²) in [7, 11) is 0. The Labute approximate surface area is 74.8 Å². The number of aliphatic carboxylic acids is 1. The molecule has 8 nitrogen and oxygen atoms in total. The highest BCUT2D eigenvalue weighted by Gasteiger charge is 2.04. The molecule has 0 rings (SSSR count). The van der Waals surface area contributed by atoms with Crippen molar-refractivity contribution in [1.82, 2.24) is 5.01 Å². The van der Waals surface area contributed by atoms with Crippen LogP contribution in [0.25, 0.3) is 0 Å². The number of carbonyl (C=O) groups excluding carboxylic acids is 1. The standard InChI is InChI=1S/C5H10N2O3.3H2O/c1-4(8)7(6)3-2-5(9)10;;;/h2-3,6H2,1H3,(H,9,10);3*1H2. The molecule has 0 saturated carbocycles. The minimum absolute atomic E-state index is 0. The largest absolute Gasteiger partial charge is 0.481 e. The van der Waals surface area contributed by atoms with E-state index in [0.29, 0.717) is 0 Å². The van der Waals surface area contributed by atoms with Gasteiger partial charge >= 0.3 is 5.97 Å². The van der Waals surface area contributed by atoms with Crippen LogP contribution in [0, 0.1) is 0 Å². The van der Waals surface area contributed by atoms with Gasteiger partial charge in [-0.3, -0.25) is 14.6 Å². The minimum atomic E-state index is -0.961. The van der Waals surface area contributed by atoms with Gasteiger partial charge in [0.2, 0.25) is 5.91 Å². The summed E-state index contributed by atoms with van der Waals surface area (Å²) in [5, 5.41) is 9.02. The maximum absolute atomic E-state index is 10.4. The molecule has 0 saturated heterocycles. The molecule has 0 spiro atoms. The Balaban J connectivity index is -0.000000135. The fourth-order valence-electron chi connectivity index (χ4n) is 0.374. The number of amides is 1. The molecule has 0 heterocycles. The molecule has 0 aliphatic heterocycles. The zero-order valence-corrected chi connectivity index (χ0v) is 7.20. The second-order valence-corrected chi connectivity index (χ2v) is 1.86. The van der Waals surface area contributed by atoms with Crippen LogP contribution in [0.2, 0.25) is 0 Å². The Morgan fingerprint density at radius 3 is 1.92 bits per heavy atom. The van der Waals surface area contributed by atoms with Crippen molar-refractivity contribution < 1.29 is 31.1 Å². The predicted octanol–water partition coefficient (Wildman–Crippen LogP) is -3.29. The third kappa shape index (κ3) is 13.7. The van der Waals surface area contributed by atoms with E-state index in [2.05, 4.69) is 0 Å². The van der Waals surface area contributed by atoms with Gasteiger partial charge in [0.25, 0.3) is 0 Å². The number of carboxylic acid groups (broad SMARTS) is 1. The van der Waals surface area contributed by atoms with Crippen LogP contribution >= 0.6 is 0 Å². The molecule has 9 N–H and O–H groups in total. The molecule has 0 bridgehead atoms. The van der Waals surface area contributed by atoms with E-state index in [1.165, 1.54) is 6.92 Å². The highest BCUT2D eigenvalue weighted by Crippen LogP contribution is 1.83. The number of nitrogens with zero attached hydrogens (tertiary/aromatic N) is 1. The Morgan fingerprint density at radius 1 is 1.31 bits per heavy atom. The molecule has 0 fully saturated rings. The van der Waals surface area contributed by atoms with Gasteiger partial charge in [-0.15, -0.1) is 0 Å². The Bertz CT molecular complexity index is 150. The molecule has 13 heavy (non-hydrogen) atoms. The first-order valence-electron chi connectivity index (χ1n) is 2.78. The van der Waals surface area contributed by atoms with Crippen LogP contribution in [0.3, 0.4) is 0 Å². The topological polar surface area (TPSA) is 178 Å². The molecule has 0 aliphatic carbocycles. The molecular formula is C5H16N2O6. The number of rotatable bonds is 3. The van der Waals surface area contributed by atoms with Crippen LogP contribution in [0.15, 0.2) is 0 Å². The third-order valence-corrected chi connectivity index (χ3v) is 0.971. The van der Waals surface area contributed by atoms with Crippen molar-refractivity contribution in [2.24, 2.45) is 5.84 Å². The number of hydrogen-bond acceptors (Lipinski definition) is 3. The lowest BCUT2D eigenvalue weighted by atomic mass is 10.4. The van der Waals surface area contributed by atoms with E-state index in [4.69, 9.17) is 10.9 Å². The smallest absolute Gasteiger partial charge is 0.305 e. The van der Waals surface area contributed by atoms with Crippen LogP contribution in [-0.4, -0.2) is 45.0 Å². The second kappa shape index (κ2) is 10.8. The van der Waals surface area contributed by atoms with Crippen molar-refractivity contribution in [1.29, 1.82) is 0 Å². The summed E-state index contributed by atoms with van der Waals surface area (Å²) in [6.45, 7) is 1.34. The Hall–Kier alpha value is -1.22. The van der Waals surface area contributed by atoms with Gasteiger partial charge in [-0.2, -0.15) is 0 Å². The molecule has 82 valence electrons. The second-order valence-electron chi connectivity index (χ2n) is 1.86. The molecule has 0 radical (unpaired) electrons. The number of carboxylic acids is 1. The number of carbonyl (C=O) groups is 2. The van der Waals surface area contributed by atoms with Crippen LogP contribution in [0.1, 0.15) is 13.3 Å². The summed E-state index contributed by atoms with van der Waals surface area (Å²) < 4.78 is 0. The maximum Gasteiger partial charge on any atom is 0.305 e. The van der Waals surface area contributed by atoms with Crippen LogP contribution in [-0.2, 0) is 9.59 Å². The third-order valence-electron chi connectivity index (χ3n) is 0.971. The lowest BCUT2D eigenvalue weighted by Gasteiger charge is -2.11. The summed E-state index contributed by atoms with van der Waals surface area (Å²) >= 11 is 0. The molecule has 0 aromatic carbocycles. The van der Waals surface area contributed by atoms with E-state index in [1.54, 1.807) is 0 Å². The molecule has 0 aromatic rings. The van der Waals surface area contributed by atoms with Gasteiger partial charge in [-0.1, -0.05) is 0 Å². The van der Waals surface area contributed by atoms with E-state index in [1.807, 2.05) is 0 Å². The Kier molecular flexibility index (Phi) is 18.8. The number of hydrogen-bond donors (Lipinski definition) is 2. The normalized spacial score (nSPS) is 6.92. The van der Waals surface area contributed by atoms with Gasteiger partial charge in [-0.25, -0.2) is 5.84 Å². The zero-order chi connectivity index (χ0) is 8.15. The van der Waals surface area contributed by atoms with Gasteiger partial charge in [-0.05, 0) is 0 Å². The molecule has 8 heteroatoms. The molecule has 0 aromatic heterocycles. The monoisotopic (exact) mass is 200 g/mol. The van der Waals surface area contributed by atoms with Gasteiger partial charge in [0.15, 0.2) is 0 Å². The van der Waals surface area contributed by atoms with E-state index >= 15 is 0 Å². The van der Waals surface area contributed by atoms with Gasteiger partial charge in [0, 0.05) is 13.5 Å². The Morgan fingerprint density at radius 2 is 1.69 bits per heavy atom. The van der Waals surface area contributed by atoms with Crippen LogP contribution in [0.4, 0.5) is 0 Å². The molecule has 0 aliphatic rings. The van der Waals surface area contributed by atoms with Crippen LogP contribution < -0.4 is 5.84 Å². The average Bonchev–Trinajstić information content (AvgIpc) is 1.82. The molecule has 0 unspecified atom stereocenters. The van der Waals surface area contributed by atoms with Gasteiger partial charge < -0.3 is 21.5 Å². The first-order valence-corrected chi connectivity index (χ1v) is 2.78. The lowest BCUT2D eigenvalue weighted by molar-refractivity contribution is -0.138. The van der Waals surface area contributed by atoms with E-state index in [-0.39, 0.29) is 35.3 Å². The van der Waals surface area contributed by atoms with E-state index in [0.717, 1.165) is 5.01 Å². The predicted molar refractivity (Wildman–Crippen MR) is 44.7 cm³/mol. The summed E-state index contributed by atoms with van der Waals surface area (Å²) in [5.74, 6) is 3.79. The van der Waals surface area contributed by atoms with Crippen molar-refractivity contribution in [3.05, 3.63) is 0 Å². The highest BCUT2D eigenvalue weighted by molar-refractivity contribution is 5.73. The zero-order valence-electron chi connectivity index (χ0n) is 7.20. The first-order chi connectivity index (χ1) is 4.54. The fourth-order valence-corrected chi connectivity index (χ4v) is 0.374. The van der Waals surface area contributed by atoms with Crippen molar-refractivity contribution in [2.75, 3.05) is 6.54 Å². The highest BCUT2D eigenvalue weighted by atomic mass is 16.4. The molecular weight excluding hydrogens is 184 g/mol. The van der Waals surface area contributed by atoms with Gasteiger partial charge in [0.05, 0.1) is 6.42 Å². The number of hydrazine groups is 1. The van der Waals surface area contributed by atoms with Crippen LogP contribution in [0.5, 0.6) is 0 Å². The maximum atomic E-state index is 10.4. The van der Waals surface area contributed by atoms with Crippen molar-refractivity contribution in [3.63, 3.8) is 0 Å². The minimum Gasteiger partial charge on any atom is -0.481 e. The van der Waals surface area contributed by atoms with Crippen molar-refractivity contribution >= 4 is 11.9 Å². The van der Waals surface area contributed by atoms with Gasteiger partial charge in [0.1, 0.15) is 0 Å². The van der Waals surface area contributed by atoms with Crippen molar-refractivity contribution in [3.8, 4) is 0 Å². The molecule has 1 amide bonds. The van der Waals surface area contributed by atoms with E-state index in [9.17, 15) is 9.59 Å².